The van der Waals surface area contributed by atoms with E-state index >= 15 is 0 Å². The number of aliphatic hydroxyl groups is 1. The number of nitrogens with zero attached hydrogens (tertiary/aromatic N) is 4. The molecule has 0 amide bonds. The second-order valence-electron chi connectivity index (χ2n) is 5.00. The summed E-state index contributed by atoms with van der Waals surface area (Å²) in [5, 5.41) is 22.3. The lowest BCUT2D eigenvalue weighted by atomic mass is 10.1. The number of aliphatic hydroxyl groups excluding tert-OH is 1. The SMILES string of the molecule is OC(Cn1nnc(-c2ccccc2)n1)c1ccc(OC(F)F)cc1. The van der Waals surface area contributed by atoms with E-state index in [1.807, 2.05) is 30.3 Å². The van der Waals surface area contributed by atoms with E-state index in [1.165, 1.54) is 29.1 Å². The number of aromatic nitrogens is 4. The summed E-state index contributed by atoms with van der Waals surface area (Å²) in [5.74, 6) is 0.495. The number of hydrogen-bond donors (Lipinski definition) is 1. The average Bonchev–Trinajstić information content (AvgIpc) is 3.04. The Hall–Kier alpha value is -2.87. The molecule has 0 saturated heterocycles. The molecule has 1 heterocycles. The van der Waals surface area contributed by atoms with Crippen molar-refractivity contribution < 1.29 is 18.6 Å². The van der Waals surface area contributed by atoms with Crippen molar-refractivity contribution in [2.45, 2.75) is 19.3 Å². The van der Waals surface area contributed by atoms with Gasteiger partial charge in [-0.05, 0) is 22.9 Å². The van der Waals surface area contributed by atoms with Crippen molar-refractivity contribution in [3.8, 4) is 17.1 Å². The Morgan fingerprint density at radius 2 is 1.75 bits per heavy atom. The van der Waals surface area contributed by atoms with Gasteiger partial charge in [-0.15, -0.1) is 10.2 Å². The molecule has 0 spiro atoms. The summed E-state index contributed by atoms with van der Waals surface area (Å²) in [5.41, 5.74) is 1.36. The molecule has 0 fully saturated rings. The summed E-state index contributed by atoms with van der Waals surface area (Å²) < 4.78 is 28.5. The van der Waals surface area contributed by atoms with Gasteiger partial charge in [0, 0.05) is 5.56 Å². The third-order valence-corrected chi connectivity index (χ3v) is 3.31. The van der Waals surface area contributed by atoms with Gasteiger partial charge < -0.3 is 9.84 Å². The lowest BCUT2D eigenvalue weighted by molar-refractivity contribution is -0.0498. The molecule has 0 aliphatic rings. The number of tetrazole rings is 1. The van der Waals surface area contributed by atoms with E-state index in [2.05, 4.69) is 20.1 Å². The van der Waals surface area contributed by atoms with Gasteiger partial charge in [0.2, 0.25) is 5.82 Å². The molecule has 1 N–H and O–H groups in total. The predicted octanol–water partition coefficient (Wildman–Crippen LogP) is 2.68. The van der Waals surface area contributed by atoms with Gasteiger partial charge in [0.25, 0.3) is 0 Å². The fraction of sp³-hybridized carbons (Fsp3) is 0.188. The van der Waals surface area contributed by atoms with E-state index in [4.69, 9.17) is 0 Å². The summed E-state index contributed by atoms with van der Waals surface area (Å²) in [4.78, 5) is 1.29. The summed E-state index contributed by atoms with van der Waals surface area (Å²) in [6.07, 6.45) is -0.900. The standard InChI is InChI=1S/C16H14F2N4O2/c17-16(18)24-13-8-6-11(7-9-13)14(23)10-22-20-15(19-21-22)12-4-2-1-3-5-12/h1-9,14,16,23H,10H2. The molecular weight excluding hydrogens is 318 g/mol. The Balaban J connectivity index is 1.66. The summed E-state index contributed by atoms with van der Waals surface area (Å²) >= 11 is 0. The first-order valence-corrected chi connectivity index (χ1v) is 7.18. The molecule has 1 unspecified atom stereocenters. The minimum atomic E-state index is -2.88. The molecule has 1 aromatic heterocycles. The zero-order chi connectivity index (χ0) is 16.9. The number of hydrogen-bond acceptors (Lipinski definition) is 5. The number of rotatable bonds is 6. The van der Waals surface area contributed by atoms with Crippen molar-refractivity contribution in [1.29, 1.82) is 0 Å². The number of benzene rings is 2. The fourth-order valence-corrected chi connectivity index (χ4v) is 2.15. The van der Waals surface area contributed by atoms with E-state index in [9.17, 15) is 13.9 Å². The van der Waals surface area contributed by atoms with E-state index in [0.29, 0.717) is 11.4 Å². The van der Waals surface area contributed by atoms with Gasteiger partial charge in [-0.1, -0.05) is 42.5 Å². The van der Waals surface area contributed by atoms with Gasteiger partial charge in [0.05, 0.1) is 6.54 Å². The van der Waals surface area contributed by atoms with Crippen LogP contribution in [0.15, 0.2) is 54.6 Å². The molecule has 124 valence electrons. The summed E-state index contributed by atoms with van der Waals surface area (Å²) in [7, 11) is 0. The van der Waals surface area contributed by atoms with E-state index in [1.54, 1.807) is 0 Å². The van der Waals surface area contributed by atoms with Crippen LogP contribution in [-0.2, 0) is 6.54 Å². The molecule has 6 nitrogen and oxygen atoms in total. The molecule has 0 aliphatic heterocycles. The number of halogens is 2. The van der Waals surface area contributed by atoms with Crippen molar-refractivity contribution in [1.82, 2.24) is 20.2 Å². The van der Waals surface area contributed by atoms with Crippen LogP contribution in [0.4, 0.5) is 8.78 Å². The van der Waals surface area contributed by atoms with Crippen molar-refractivity contribution in [3.05, 3.63) is 60.2 Å². The van der Waals surface area contributed by atoms with Crippen LogP contribution in [0, 0.1) is 0 Å². The maximum absolute atomic E-state index is 12.1. The first kappa shape index (κ1) is 16.0. The van der Waals surface area contributed by atoms with Crippen molar-refractivity contribution in [2.75, 3.05) is 0 Å². The Morgan fingerprint density at radius 3 is 2.42 bits per heavy atom. The molecule has 1 atom stereocenters. The van der Waals surface area contributed by atoms with E-state index < -0.39 is 12.7 Å². The van der Waals surface area contributed by atoms with Crippen LogP contribution >= 0.6 is 0 Å². The molecule has 0 aliphatic carbocycles. The van der Waals surface area contributed by atoms with E-state index in [-0.39, 0.29) is 12.3 Å². The Morgan fingerprint density at radius 1 is 1.04 bits per heavy atom. The van der Waals surface area contributed by atoms with Gasteiger partial charge in [-0.25, -0.2) is 0 Å². The molecule has 0 radical (unpaired) electrons. The third-order valence-electron chi connectivity index (χ3n) is 3.31. The van der Waals surface area contributed by atoms with Crippen LogP contribution in [-0.4, -0.2) is 31.9 Å². The smallest absolute Gasteiger partial charge is 0.387 e. The van der Waals surface area contributed by atoms with Gasteiger partial charge in [-0.3, -0.25) is 0 Å². The Kier molecular flexibility index (Phi) is 4.76. The zero-order valence-electron chi connectivity index (χ0n) is 12.5. The van der Waals surface area contributed by atoms with Crippen LogP contribution in [0.2, 0.25) is 0 Å². The first-order valence-electron chi connectivity index (χ1n) is 7.18. The van der Waals surface area contributed by atoms with Crippen LogP contribution in [0.5, 0.6) is 5.75 Å². The highest BCUT2D eigenvalue weighted by molar-refractivity contribution is 5.52. The fourth-order valence-electron chi connectivity index (χ4n) is 2.15. The summed E-state index contributed by atoms with van der Waals surface area (Å²) in [6, 6.07) is 15.1. The van der Waals surface area contributed by atoms with Crippen molar-refractivity contribution >= 4 is 0 Å². The minimum absolute atomic E-state index is 0.0335. The third kappa shape index (κ3) is 3.90. The molecule has 3 rings (SSSR count). The number of alkyl halides is 2. The quantitative estimate of drug-likeness (QED) is 0.751. The van der Waals surface area contributed by atoms with Crippen molar-refractivity contribution in [3.63, 3.8) is 0 Å². The highest BCUT2D eigenvalue weighted by atomic mass is 19.3. The molecule has 24 heavy (non-hydrogen) atoms. The van der Waals surface area contributed by atoms with Gasteiger partial charge in [0.15, 0.2) is 0 Å². The molecular formula is C16H14F2N4O2. The Bertz CT molecular complexity index is 778. The van der Waals surface area contributed by atoms with Crippen LogP contribution in [0.1, 0.15) is 11.7 Å². The van der Waals surface area contributed by atoms with Crippen LogP contribution in [0.3, 0.4) is 0 Å². The first-order chi connectivity index (χ1) is 11.6. The zero-order valence-corrected chi connectivity index (χ0v) is 12.5. The maximum Gasteiger partial charge on any atom is 0.387 e. The summed E-state index contributed by atoms with van der Waals surface area (Å²) in [6.45, 7) is -2.79. The van der Waals surface area contributed by atoms with Crippen molar-refractivity contribution in [2.24, 2.45) is 0 Å². The largest absolute Gasteiger partial charge is 0.435 e. The highest BCUT2D eigenvalue weighted by Gasteiger charge is 2.13. The predicted molar refractivity (Wildman–Crippen MR) is 81.3 cm³/mol. The van der Waals surface area contributed by atoms with Crippen LogP contribution < -0.4 is 4.74 Å². The molecule has 2 aromatic carbocycles. The maximum atomic E-state index is 12.1. The highest BCUT2D eigenvalue weighted by Crippen LogP contribution is 2.20. The normalized spacial score (nSPS) is 12.3. The average molecular weight is 332 g/mol. The van der Waals surface area contributed by atoms with Gasteiger partial charge >= 0.3 is 6.61 Å². The lowest BCUT2D eigenvalue weighted by Gasteiger charge is -2.11. The lowest BCUT2D eigenvalue weighted by Crippen LogP contribution is -2.11. The topological polar surface area (TPSA) is 73.1 Å². The number of ether oxygens (including phenoxy) is 1. The Labute approximate surface area is 136 Å². The molecule has 0 bridgehead atoms. The van der Waals surface area contributed by atoms with E-state index in [0.717, 1.165) is 5.56 Å². The molecule has 0 saturated carbocycles. The minimum Gasteiger partial charge on any atom is -0.435 e. The second kappa shape index (κ2) is 7.14. The van der Waals surface area contributed by atoms with Crippen LogP contribution in [0.25, 0.3) is 11.4 Å². The molecule has 8 heteroatoms. The van der Waals surface area contributed by atoms with Gasteiger partial charge in [0.1, 0.15) is 11.9 Å². The second-order valence-corrected chi connectivity index (χ2v) is 5.00. The molecule has 3 aromatic rings. The van der Waals surface area contributed by atoms with Gasteiger partial charge in [-0.2, -0.15) is 13.6 Å². The monoisotopic (exact) mass is 332 g/mol.